The van der Waals surface area contributed by atoms with Gasteiger partial charge in [-0.3, -0.25) is 4.40 Å². The molecule has 0 spiro atoms. The van der Waals surface area contributed by atoms with Crippen LogP contribution in [-0.2, 0) is 0 Å². The molecule has 1 N–H and O–H groups in total. The summed E-state index contributed by atoms with van der Waals surface area (Å²) in [4.78, 5) is 7.54. The molecule has 0 aliphatic heterocycles. The van der Waals surface area contributed by atoms with Crippen molar-refractivity contribution < 1.29 is 4.74 Å². The highest BCUT2D eigenvalue weighted by molar-refractivity contribution is 5.74. The number of aromatic nitrogens is 5. The number of hydrogen-bond acceptors (Lipinski definition) is 5. The molecule has 0 amide bonds. The Bertz CT molecular complexity index is 1230. The maximum absolute atomic E-state index is 8.95. The zero-order valence-electron chi connectivity index (χ0n) is 15.3. The number of rotatable bonds is 3. The molecule has 1 fully saturated rings. The van der Waals surface area contributed by atoms with E-state index in [2.05, 4.69) is 43.6 Å². The van der Waals surface area contributed by atoms with Gasteiger partial charge in [-0.1, -0.05) is 11.6 Å². The Hall–Kier alpha value is -3.66. The predicted octanol–water partition coefficient (Wildman–Crippen LogP) is 3.75. The first kappa shape index (κ1) is 16.5. The number of allylic oxidation sites excluding steroid dienone is 1. The van der Waals surface area contributed by atoms with Gasteiger partial charge in [0.05, 0.1) is 23.3 Å². The molecule has 0 saturated heterocycles. The van der Waals surface area contributed by atoms with Crippen LogP contribution in [0, 0.1) is 11.3 Å². The molecule has 1 aliphatic rings. The fourth-order valence-corrected chi connectivity index (χ4v) is 4.01. The van der Waals surface area contributed by atoms with Crippen LogP contribution in [0.5, 0.6) is 5.75 Å². The van der Waals surface area contributed by atoms with Crippen LogP contribution >= 0.6 is 0 Å². The number of benzene rings is 1. The van der Waals surface area contributed by atoms with E-state index in [1.807, 2.05) is 24.4 Å². The topological polar surface area (TPSA) is 91.9 Å². The first-order valence-electron chi connectivity index (χ1n) is 9.26. The number of nitriles is 1. The van der Waals surface area contributed by atoms with Gasteiger partial charge in [0.2, 0.25) is 0 Å². The summed E-state index contributed by atoms with van der Waals surface area (Å²) < 4.78 is 8.27. The van der Waals surface area contributed by atoms with Gasteiger partial charge in [-0.15, -0.1) is 10.2 Å². The van der Waals surface area contributed by atoms with Crippen molar-refractivity contribution in [3.8, 4) is 11.8 Å². The average molecular weight is 370 g/mol. The summed E-state index contributed by atoms with van der Waals surface area (Å²) in [7, 11) is 0. The maximum atomic E-state index is 8.95. The quantitative estimate of drug-likeness (QED) is 0.555. The van der Waals surface area contributed by atoms with Gasteiger partial charge in [0.1, 0.15) is 17.7 Å². The van der Waals surface area contributed by atoms with E-state index in [1.54, 1.807) is 18.3 Å². The molecule has 1 saturated carbocycles. The summed E-state index contributed by atoms with van der Waals surface area (Å²) in [6, 6.07) is 11.4. The van der Waals surface area contributed by atoms with Crippen LogP contribution in [0.2, 0.25) is 0 Å². The van der Waals surface area contributed by atoms with E-state index in [4.69, 9.17) is 10.00 Å². The van der Waals surface area contributed by atoms with Crippen LogP contribution in [0.3, 0.4) is 0 Å². The fourth-order valence-electron chi connectivity index (χ4n) is 4.01. The normalized spacial score (nSPS) is 20.8. The third kappa shape index (κ3) is 2.62. The van der Waals surface area contributed by atoms with E-state index in [-0.39, 0.29) is 12.0 Å². The van der Waals surface area contributed by atoms with Crippen molar-refractivity contribution in [2.24, 2.45) is 0 Å². The molecule has 2 atom stereocenters. The zero-order chi connectivity index (χ0) is 19.1. The van der Waals surface area contributed by atoms with Crippen LogP contribution in [0.25, 0.3) is 16.8 Å². The van der Waals surface area contributed by atoms with Gasteiger partial charge in [-0.2, -0.15) is 5.26 Å². The second kappa shape index (κ2) is 6.50. The molecule has 5 rings (SSSR count). The van der Waals surface area contributed by atoms with Gasteiger partial charge in [-0.05, 0) is 43.7 Å². The van der Waals surface area contributed by atoms with E-state index in [1.165, 1.54) is 5.57 Å². The monoisotopic (exact) mass is 370 g/mol. The van der Waals surface area contributed by atoms with E-state index >= 15 is 0 Å². The van der Waals surface area contributed by atoms with Crippen molar-refractivity contribution in [1.82, 2.24) is 24.6 Å². The number of hydrogen-bond donors (Lipinski definition) is 1. The molecule has 7 nitrogen and oxygen atoms in total. The Balaban J connectivity index is 1.47. The van der Waals surface area contributed by atoms with Gasteiger partial charge in [0.15, 0.2) is 11.3 Å². The number of nitrogens with zero attached hydrogens (tertiary/aromatic N) is 5. The minimum absolute atomic E-state index is 0.0556. The van der Waals surface area contributed by atoms with Gasteiger partial charge in [-0.25, -0.2) is 4.98 Å². The molecule has 1 aliphatic carbocycles. The van der Waals surface area contributed by atoms with Crippen LogP contribution in [0.4, 0.5) is 0 Å². The van der Waals surface area contributed by atoms with Crippen LogP contribution < -0.4 is 4.74 Å². The number of nitrogens with one attached hydrogen (secondary N) is 1. The Morgan fingerprint density at radius 2 is 2.11 bits per heavy atom. The molecular weight excluding hydrogens is 352 g/mol. The first-order valence-corrected chi connectivity index (χ1v) is 9.26. The van der Waals surface area contributed by atoms with Crippen molar-refractivity contribution in [3.05, 3.63) is 65.8 Å². The van der Waals surface area contributed by atoms with Crippen molar-refractivity contribution in [2.45, 2.75) is 31.8 Å². The Kier molecular flexibility index (Phi) is 3.83. The zero-order valence-corrected chi connectivity index (χ0v) is 15.3. The Morgan fingerprint density at radius 1 is 1.25 bits per heavy atom. The van der Waals surface area contributed by atoms with Gasteiger partial charge in [0.25, 0.3) is 0 Å². The molecule has 7 heteroatoms. The number of fused-ring (bicyclic) bond motifs is 3. The molecule has 138 valence electrons. The lowest BCUT2D eigenvalue weighted by atomic mass is 10.0. The minimum atomic E-state index is 0.0556. The molecule has 28 heavy (non-hydrogen) atoms. The largest absolute Gasteiger partial charge is 0.490 e. The Morgan fingerprint density at radius 3 is 2.89 bits per heavy atom. The molecule has 3 heterocycles. The van der Waals surface area contributed by atoms with E-state index < -0.39 is 0 Å². The van der Waals surface area contributed by atoms with E-state index in [0.29, 0.717) is 5.56 Å². The second-order valence-electron chi connectivity index (χ2n) is 6.95. The van der Waals surface area contributed by atoms with E-state index in [0.717, 1.165) is 41.2 Å². The minimum Gasteiger partial charge on any atom is -0.490 e. The fraction of sp³-hybridized carbons (Fsp3) is 0.238. The first-order chi connectivity index (χ1) is 13.8. The molecule has 0 radical (unpaired) electrons. The second-order valence-corrected chi connectivity index (χ2v) is 6.95. The summed E-state index contributed by atoms with van der Waals surface area (Å²) in [5.41, 5.74) is 4.47. The van der Waals surface area contributed by atoms with Gasteiger partial charge in [0, 0.05) is 18.5 Å². The average Bonchev–Trinajstić information content (AvgIpc) is 3.45. The number of ether oxygens (including phenoxy) is 1. The van der Waals surface area contributed by atoms with Crippen molar-refractivity contribution >= 4 is 16.8 Å². The summed E-state index contributed by atoms with van der Waals surface area (Å²) >= 11 is 0. The molecule has 0 bridgehead atoms. The lowest BCUT2D eigenvalue weighted by Crippen LogP contribution is -2.12. The molecular formula is C21H18N6O. The standard InChI is InChI=1S/C21H18N6O/c1-2-14-9-16(28-15-5-3-13(11-22)4-6-15)10-17(14)21-26-25-19-12-24-20-18(27(19)21)7-8-23-20/h2-8,12,16-17,23H,9-10H2,1H3/b14-2+/t16-,17+/m0/s1. The molecule has 0 unspecified atom stereocenters. The van der Waals surface area contributed by atoms with Gasteiger partial charge >= 0.3 is 0 Å². The van der Waals surface area contributed by atoms with Crippen LogP contribution in [0.1, 0.15) is 37.1 Å². The summed E-state index contributed by atoms with van der Waals surface area (Å²) in [5.74, 6) is 1.84. The number of aromatic amines is 1. The predicted molar refractivity (Wildman–Crippen MR) is 104 cm³/mol. The summed E-state index contributed by atoms with van der Waals surface area (Å²) in [6.07, 6.45) is 7.50. The van der Waals surface area contributed by atoms with Crippen LogP contribution in [-0.4, -0.2) is 30.7 Å². The highest BCUT2D eigenvalue weighted by Crippen LogP contribution is 2.40. The number of H-pyrrole nitrogens is 1. The molecule has 1 aromatic carbocycles. The van der Waals surface area contributed by atoms with Crippen molar-refractivity contribution in [2.75, 3.05) is 0 Å². The Labute approximate surface area is 161 Å². The SMILES string of the molecule is C/C=C1\C[C@H](Oc2ccc(C#N)cc2)C[C@H]1c1nnc2cnc3[nH]ccc3n12. The lowest BCUT2D eigenvalue weighted by Gasteiger charge is -2.13. The third-order valence-corrected chi connectivity index (χ3v) is 5.35. The van der Waals surface area contributed by atoms with E-state index in [9.17, 15) is 0 Å². The highest BCUT2D eigenvalue weighted by Gasteiger charge is 2.34. The highest BCUT2D eigenvalue weighted by atomic mass is 16.5. The molecule has 4 aromatic rings. The smallest absolute Gasteiger partial charge is 0.179 e. The lowest BCUT2D eigenvalue weighted by molar-refractivity contribution is 0.209. The summed E-state index contributed by atoms with van der Waals surface area (Å²) in [6.45, 7) is 2.06. The van der Waals surface area contributed by atoms with Crippen molar-refractivity contribution in [3.63, 3.8) is 0 Å². The van der Waals surface area contributed by atoms with Crippen LogP contribution in [0.15, 0.2) is 54.4 Å². The maximum Gasteiger partial charge on any atom is 0.179 e. The van der Waals surface area contributed by atoms with Gasteiger partial charge < -0.3 is 9.72 Å². The summed E-state index contributed by atoms with van der Waals surface area (Å²) in [5, 5.41) is 17.8. The van der Waals surface area contributed by atoms with Crippen molar-refractivity contribution in [1.29, 1.82) is 5.26 Å². The third-order valence-electron chi connectivity index (χ3n) is 5.35. The molecule has 3 aromatic heterocycles.